The molecule has 3 aromatic heterocycles. The van der Waals surface area contributed by atoms with Gasteiger partial charge in [0.15, 0.2) is 5.82 Å². The molecule has 1 aliphatic heterocycles. The number of nitrogens with zero attached hydrogens (tertiary/aromatic N) is 7. The van der Waals surface area contributed by atoms with Crippen molar-refractivity contribution in [1.29, 1.82) is 0 Å². The molecule has 9 nitrogen and oxygen atoms in total. The summed E-state index contributed by atoms with van der Waals surface area (Å²) in [6.45, 7) is 13.8. The monoisotopic (exact) mass is 500 g/mol. The average molecular weight is 501 g/mol. The van der Waals surface area contributed by atoms with Crippen molar-refractivity contribution in [2.75, 3.05) is 43.1 Å². The summed E-state index contributed by atoms with van der Waals surface area (Å²) in [5.41, 5.74) is 5.09. The highest BCUT2D eigenvalue weighted by atomic mass is 16.5. The van der Waals surface area contributed by atoms with E-state index in [0.29, 0.717) is 25.8 Å². The molecule has 4 heterocycles. The van der Waals surface area contributed by atoms with E-state index in [1.165, 1.54) is 5.56 Å². The quantitative estimate of drug-likeness (QED) is 0.340. The molecule has 1 aromatic carbocycles. The van der Waals surface area contributed by atoms with Crippen LogP contribution >= 0.6 is 0 Å². The van der Waals surface area contributed by atoms with Crippen molar-refractivity contribution in [1.82, 2.24) is 29.6 Å². The van der Waals surface area contributed by atoms with Gasteiger partial charge in [0, 0.05) is 45.0 Å². The fraction of sp³-hybridized carbons (Fsp3) is 0.429. The molecule has 0 amide bonds. The minimum Gasteiger partial charge on any atom is -0.380 e. The summed E-state index contributed by atoms with van der Waals surface area (Å²) in [6.07, 6.45) is 1.81. The Morgan fingerprint density at radius 2 is 1.92 bits per heavy atom. The fourth-order valence-corrected chi connectivity index (χ4v) is 4.86. The molecule has 1 saturated heterocycles. The van der Waals surface area contributed by atoms with E-state index in [-0.39, 0.29) is 0 Å². The van der Waals surface area contributed by atoms with E-state index in [2.05, 4.69) is 64.3 Å². The van der Waals surface area contributed by atoms with Gasteiger partial charge in [-0.25, -0.2) is 9.97 Å². The molecule has 0 spiro atoms. The highest BCUT2D eigenvalue weighted by Crippen LogP contribution is 2.29. The van der Waals surface area contributed by atoms with Gasteiger partial charge in [-0.15, -0.1) is 0 Å². The molecular formula is C28H36N8O. The third-order valence-electron chi connectivity index (χ3n) is 6.83. The lowest BCUT2D eigenvalue weighted by atomic mass is 10.1. The number of benzene rings is 1. The van der Waals surface area contributed by atoms with Crippen molar-refractivity contribution in [2.45, 2.75) is 46.8 Å². The molecule has 1 N–H and O–H groups in total. The smallest absolute Gasteiger partial charge is 0.228 e. The second-order valence-electron chi connectivity index (χ2n) is 9.67. The molecule has 37 heavy (non-hydrogen) atoms. The van der Waals surface area contributed by atoms with Crippen LogP contribution in [0.2, 0.25) is 0 Å². The summed E-state index contributed by atoms with van der Waals surface area (Å²) in [6, 6.07) is 15.0. The lowest BCUT2D eigenvalue weighted by molar-refractivity contribution is 0.137. The lowest BCUT2D eigenvalue weighted by Gasteiger charge is -2.40. The number of pyridine rings is 1. The standard InChI is InChI=1S/C28H36N8O/c1-5-37-16-15-36-26-25(22(4)33-36)31-28(32-27(26)30-24-17-20(2)11-12-29-24)35-14-13-34(21(3)18-35)19-23-9-7-6-8-10-23/h6-12,17,21H,5,13-16,18-19H2,1-4H3,(H,29,30,31,32). The van der Waals surface area contributed by atoms with Gasteiger partial charge in [-0.2, -0.15) is 10.1 Å². The summed E-state index contributed by atoms with van der Waals surface area (Å²) >= 11 is 0. The molecule has 5 rings (SSSR count). The number of nitrogens with one attached hydrogen (secondary N) is 1. The molecule has 0 radical (unpaired) electrons. The van der Waals surface area contributed by atoms with Gasteiger partial charge >= 0.3 is 0 Å². The van der Waals surface area contributed by atoms with Crippen LogP contribution in [0.5, 0.6) is 0 Å². The number of rotatable bonds is 9. The summed E-state index contributed by atoms with van der Waals surface area (Å²) in [5, 5.41) is 8.25. The summed E-state index contributed by atoms with van der Waals surface area (Å²) in [7, 11) is 0. The number of piperazine rings is 1. The second-order valence-corrected chi connectivity index (χ2v) is 9.67. The van der Waals surface area contributed by atoms with Crippen LogP contribution in [0, 0.1) is 13.8 Å². The highest BCUT2D eigenvalue weighted by molar-refractivity contribution is 5.90. The molecule has 4 aromatic rings. The lowest BCUT2D eigenvalue weighted by Crippen LogP contribution is -2.52. The van der Waals surface area contributed by atoms with Crippen LogP contribution < -0.4 is 10.2 Å². The Balaban J connectivity index is 1.45. The van der Waals surface area contributed by atoms with Gasteiger partial charge in [0.25, 0.3) is 0 Å². The third kappa shape index (κ3) is 5.73. The predicted octanol–water partition coefficient (Wildman–Crippen LogP) is 4.33. The van der Waals surface area contributed by atoms with Crippen molar-refractivity contribution in [3.05, 3.63) is 65.5 Å². The van der Waals surface area contributed by atoms with Crippen LogP contribution in [0.4, 0.5) is 17.6 Å². The Hall–Kier alpha value is -3.56. The first kappa shape index (κ1) is 25.1. The minimum atomic E-state index is 0.373. The van der Waals surface area contributed by atoms with E-state index < -0.39 is 0 Å². The first-order valence-corrected chi connectivity index (χ1v) is 13.1. The third-order valence-corrected chi connectivity index (χ3v) is 6.83. The van der Waals surface area contributed by atoms with E-state index in [1.54, 1.807) is 0 Å². The van der Waals surface area contributed by atoms with Crippen molar-refractivity contribution in [3.63, 3.8) is 0 Å². The van der Waals surface area contributed by atoms with Gasteiger partial charge in [0.05, 0.1) is 18.8 Å². The Morgan fingerprint density at radius 3 is 2.68 bits per heavy atom. The minimum absolute atomic E-state index is 0.373. The maximum absolute atomic E-state index is 5.61. The van der Waals surface area contributed by atoms with Gasteiger partial charge in [-0.05, 0) is 51.0 Å². The van der Waals surface area contributed by atoms with Crippen LogP contribution in [-0.2, 0) is 17.8 Å². The Bertz CT molecular complexity index is 1340. The number of anilines is 3. The molecule has 9 heteroatoms. The van der Waals surface area contributed by atoms with Gasteiger partial charge in [-0.1, -0.05) is 30.3 Å². The summed E-state index contributed by atoms with van der Waals surface area (Å²) in [4.78, 5) is 19.4. The normalized spacial score (nSPS) is 16.4. The molecule has 0 saturated carbocycles. The summed E-state index contributed by atoms with van der Waals surface area (Å²) in [5.74, 6) is 2.19. The van der Waals surface area contributed by atoms with E-state index >= 15 is 0 Å². The molecule has 194 valence electrons. The van der Waals surface area contributed by atoms with E-state index in [4.69, 9.17) is 19.8 Å². The SMILES string of the molecule is CCOCCn1nc(C)c2nc(N3CCN(Cc4ccccc4)C(C)C3)nc(Nc3cc(C)ccn3)c21. The topological polar surface area (TPSA) is 84.2 Å². The number of hydrogen-bond acceptors (Lipinski definition) is 8. The predicted molar refractivity (Wildman–Crippen MR) is 147 cm³/mol. The zero-order valence-electron chi connectivity index (χ0n) is 22.2. The van der Waals surface area contributed by atoms with Crippen molar-refractivity contribution >= 4 is 28.6 Å². The van der Waals surface area contributed by atoms with Gasteiger partial charge in [0.1, 0.15) is 16.9 Å². The molecule has 0 bridgehead atoms. The maximum Gasteiger partial charge on any atom is 0.228 e. The van der Waals surface area contributed by atoms with Crippen LogP contribution in [0.1, 0.15) is 30.7 Å². The zero-order valence-corrected chi connectivity index (χ0v) is 22.2. The number of aromatic nitrogens is 5. The van der Waals surface area contributed by atoms with Crippen molar-refractivity contribution in [3.8, 4) is 0 Å². The molecule has 1 aliphatic rings. The average Bonchev–Trinajstić information content (AvgIpc) is 3.21. The zero-order chi connectivity index (χ0) is 25.8. The number of aryl methyl sites for hydroxylation is 2. The van der Waals surface area contributed by atoms with E-state index in [1.807, 2.05) is 36.9 Å². The van der Waals surface area contributed by atoms with Crippen LogP contribution in [0.3, 0.4) is 0 Å². The van der Waals surface area contributed by atoms with Gasteiger partial charge < -0.3 is 15.0 Å². The van der Waals surface area contributed by atoms with Crippen LogP contribution in [0.15, 0.2) is 48.7 Å². The van der Waals surface area contributed by atoms with Gasteiger partial charge in [0.2, 0.25) is 5.95 Å². The molecule has 1 unspecified atom stereocenters. The van der Waals surface area contributed by atoms with E-state index in [0.717, 1.165) is 66.1 Å². The van der Waals surface area contributed by atoms with Crippen LogP contribution in [-0.4, -0.2) is 68.5 Å². The first-order chi connectivity index (χ1) is 18.0. The number of hydrogen-bond donors (Lipinski definition) is 1. The molecule has 1 fully saturated rings. The largest absolute Gasteiger partial charge is 0.380 e. The Labute approximate surface area is 218 Å². The highest BCUT2D eigenvalue weighted by Gasteiger charge is 2.27. The molecule has 1 atom stereocenters. The van der Waals surface area contributed by atoms with Crippen molar-refractivity contribution in [2.24, 2.45) is 0 Å². The number of ether oxygens (including phenoxy) is 1. The maximum atomic E-state index is 5.61. The second kappa shape index (κ2) is 11.2. The van der Waals surface area contributed by atoms with Crippen LogP contribution in [0.25, 0.3) is 11.0 Å². The molecule has 0 aliphatic carbocycles. The Morgan fingerprint density at radius 1 is 1.08 bits per heavy atom. The van der Waals surface area contributed by atoms with Gasteiger partial charge in [-0.3, -0.25) is 9.58 Å². The number of fused-ring (bicyclic) bond motifs is 1. The molecular weight excluding hydrogens is 464 g/mol. The Kier molecular flexibility index (Phi) is 7.62. The summed E-state index contributed by atoms with van der Waals surface area (Å²) < 4.78 is 7.55. The fourth-order valence-electron chi connectivity index (χ4n) is 4.86. The van der Waals surface area contributed by atoms with E-state index in [9.17, 15) is 0 Å². The first-order valence-electron chi connectivity index (χ1n) is 13.1. The van der Waals surface area contributed by atoms with Crippen molar-refractivity contribution < 1.29 is 4.74 Å².